The number of anilines is 2. The van der Waals surface area contributed by atoms with Crippen molar-refractivity contribution in [1.29, 1.82) is 0 Å². The Morgan fingerprint density at radius 2 is 1.66 bits per heavy atom. The summed E-state index contributed by atoms with van der Waals surface area (Å²) in [4.78, 5) is 28.9. The molecule has 0 saturated carbocycles. The van der Waals surface area contributed by atoms with Crippen molar-refractivity contribution in [2.75, 3.05) is 17.7 Å². The molecule has 3 N–H and O–H groups in total. The van der Waals surface area contributed by atoms with Crippen LogP contribution in [0.1, 0.15) is 48.1 Å². The fourth-order valence-electron chi connectivity index (χ4n) is 3.69. The predicted octanol–water partition coefficient (Wildman–Crippen LogP) is 5.98. The van der Waals surface area contributed by atoms with Crippen LogP contribution in [0, 0.1) is 13.8 Å². The maximum absolute atomic E-state index is 13.0. The molecule has 9 nitrogen and oxygen atoms in total. The van der Waals surface area contributed by atoms with Crippen molar-refractivity contribution >= 4 is 23.4 Å². The van der Waals surface area contributed by atoms with Crippen LogP contribution in [-0.4, -0.2) is 33.8 Å². The normalized spacial score (nSPS) is 11.1. The molecule has 0 aliphatic rings. The van der Waals surface area contributed by atoms with Gasteiger partial charge in [0, 0.05) is 36.5 Å². The van der Waals surface area contributed by atoms with E-state index in [0.717, 1.165) is 22.5 Å². The van der Waals surface area contributed by atoms with E-state index in [-0.39, 0.29) is 17.0 Å². The Bertz CT molecular complexity index is 1470. The van der Waals surface area contributed by atoms with Crippen LogP contribution in [0.25, 0.3) is 5.69 Å². The zero-order chi connectivity index (χ0) is 27.4. The first-order valence-electron chi connectivity index (χ1n) is 12.3. The lowest BCUT2D eigenvalue weighted by atomic mass is 9.92. The van der Waals surface area contributed by atoms with E-state index in [4.69, 9.17) is 9.84 Å². The minimum Gasteiger partial charge on any atom is -0.457 e. The molecule has 3 amide bonds. The summed E-state index contributed by atoms with van der Waals surface area (Å²) in [5.74, 6) is 1.35. The van der Waals surface area contributed by atoms with Crippen LogP contribution in [0.3, 0.4) is 0 Å². The van der Waals surface area contributed by atoms with Gasteiger partial charge in [-0.3, -0.25) is 15.1 Å². The van der Waals surface area contributed by atoms with E-state index < -0.39 is 6.03 Å². The lowest BCUT2D eigenvalue weighted by Gasteiger charge is -2.14. The van der Waals surface area contributed by atoms with Crippen molar-refractivity contribution in [1.82, 2.24) is 20.1 Å². The first-order chi connectivity index (χ1) is 18.0. The number of aromatic nitrogens is 3. The van der Waals surface area contributed by atoms with Crippen molar-refractivity contribution in [2.24, 2.45) is 0 Å². The average Bonchev–Trinajstić information content (AvgIpc) is 3.30. The van der Waals surface area contributed by atoms with E-state index >= 15 is 0 Å². The number of amides is 3. The van der Waals surface area contributed by atoms with Crippen molar-refractivity contribution in [2.45, 2.75) is 40.0 Å². The quantitative estimate of drug-likeness (QED) is 0.294. The molecule has 0 bridgehead atoms. The van der Waals surface area contributed by atoms with E-state index in [0.29, 0.717) is 23.0 Å². The predicted molar refractivity (Wildman–Crippen MR) is 149 cm³/mol. The Kier molecular flexibility index (Phi) is 7.47. The second kappa shape index (κ2) is 10.8. The Hall–Kier alpha value is -4.66. The summed E-state index contributed by atoms with van der Waals surface area (Å²) in [5, 5.41) is 13.1. The number of nitrogens with one attached hydrogen (secondary N) is 3. The van der Waals surface area contributed by atoms with Crippen LogP contribution in [-0.2, 0) is 5.41 Å². The molecule has 0 radical (unpaired) electrons. The zero-order valence-corrected chi connectivity index (χ0v) is 22.4. The maximum Gasteiger partial charge on any atom is 0.324 e. The minimum absolute atomic E-state index is 0.189. The number of carbonyl (C=O) groups is 2. The fraction of sp³-hybridized carbons (Fsp3) is 0.241. The molecular formula is C29H32N6O3. The number of hydrogen-bond acceptors (Lipinski definition) is 5. The smallest absolute Gasteiger partial charge is 0.324 e. The first kappa shape index (κ1) is 26.4. The molecular weight excluding hydrogens is 480 g/mol. The number of hydrogen-bond donors (Lipinski definition) is 3. The van der Waals surface area contributed by atoms with Gasteiger partial charge in [-0.25, -0.2) is 9.48 Å². The first-order valence-corrected chi connectivity index (χ1v) is 12.3. The Labute approximate surface area is 222 Å². The molecule has 4 rings (SSSR count). The van der Waals surface area contributed by atoms with Gasteiger partial charge >= 0.3 is 6.03 Å². The van der Waals surface area contributed by atoms with Crippen LogP contribution >= 0.6 is 0 Å². The number of pyridine rings is 1. The molecule has 38 heavy (non-hydrogen) atoms. The maximum atomic E-state index is 13.0. The van der Waals surface area contributed by atoms with Crippen molar-refractivity contribution < 1.29 is 14.3 Å². The molecule has 4 aromatic rings. The zero-order valence-electron chi connectivity index (χ0n) is 22.4. The SMILES string of the molecule is CNC(=O)c1cc(Oc2ccc(NC(=O)Nc3cc(C(C)(C)C)nn3-c3ccc(C)cc3)cc2C)ccn1. The van der Waals surface area contributed by atoms with Gasteiger partial charge in [-0.2, -0.15) is 5.10 Å². The van der Waals surface area contributed by atoms with Gasteiger partial charge in [0.1, 0.15) is 23.0 Å². The van der Waals surface area contributed by atoms with Crippen LogP contribution in [0.4, 0.5) is 16.3 Å². The average molecular weight is 513 g/mol. The second-order valence-electron chi connectivity index (χ2n) is 10.0. The van der Waals surface area contributed by atoms with Gasteiger partial charge in [0.15, 0.2) is 0 Å². The molecule has 0 atom stereocenters. The number of carbonyl (C=O) groups excluding carboxylic acids is 2. The van der Waals surface area contributed by atoms with Crippen molar-refractivity contribution in [3.05, 3.63) is 89.4 Å². The Morgan fingerprint density at radius 1 is 0.921 bits per heavy atom. The molecule has 0 fully saturated rings. The van der Waals surface area contributed by atoms with Crippen molar-refractivity contribution in [3.8, 4) is 17.2 Å². The topological polar surface area (TPSA) is 110 Å². The van der Waals surface area contributed by atoms with Crippen LogP contribution in [0.5, 0.6) is 11.5 Å². The van der Waals surface area contributed by atoms with Gasteiger partial charge in [-0.05, 0) is 55.8 Å². The largest absolute Gasteiger partial charge is 0.457 e. The number of ether oxygens (including phenoxy) is 1. The monoisotopic (exact) mass is 512 g/mol. The molecule has 2 aromatic carbocycles. The molecule has 2 heterocycles. The van der Waals surface area contributed by atoms with Gasteiger partial charge in [-0.15, -0.1) is 0 Å². The number of urea groups is 1. The molecule has 0 spiro atoms. The Balaban J connectivity index is 1.50. The van der Waals surface area contributed by atoms with Crippen LogP contribution < -0.4 is 20.7 Å². The van der Waals surface area contributed by atoms with Crippen LogP contribution in [0.2, 0.25) is 0 Å². The number of benzene rings is 2. The Morgan fingerprint density at radius 3 is 2.32 bits per heavy atom. The summed E-state index contributed by atoms with van der Waals surface area (Å²) in [7, 11) is 1.55. The lowest BCUT2D eigenvalue weighted by Crippen LogP contribution is -2.21. The molecule has 2 aromatic heterocycles. The highest BCUT2D eigenvalue weighted by atomic mass is 16.5. The summed E-state index contributed by atoms with van der Waals surface area (Å²) < 4.78 is 7.69. The number of nitrogens with zero attached hydrogens (tertiary/aromatic N) is 3. The van der Waals surface area contributed by atoms with Crippen LogP contribution in [0.15, 0.2) is 66.9 Å². The summed E-state index contributed by atoms with van der Waals surface area (Å²) >= 11 is 0. The standard InChI is InChI=1S/C29H32N6O3/c1-18-7-10-21(11-8-18)35-26(17-25(34-35)29(3,4)5)33-28(37)32-20-9-12-24(19(2)15-20)38-22-13-14-31-23(16-22)27(36)30-6/h7-17H,1-6H3,(H,30,36)(H2,32,33,37). The molecule has 0 aliphatic carbocycles. The molecule has 0 saturated heterocycles. The van der Waals surface area contributed by atoms with E-state index in [9.17, 15) is 9.59 Å². The number of rotatable bonds is 6. The van der Waals surface area contributed by atoms with E-state index in [2.05, 4.69) is 41.7 Å². The third kappa shape index (κ3) is 6.18. The molecule has 0 aliphatic heterocycles. The molecule has 9 heteroatoms. The van der Waals surface area contributed by atoms with Gasteiger partial charge in [0.2, 0.25) is 0 Å². The minimum atomic E-state index is -0.392. The van der Waals surface area contributed by atoms with Gasteiger partial charge in [-0.1, -0.05) is 38.5 Å². The summed E-state index contributed by atoms with van der Waals surface area (Å²) in [6.45, 7) is 10.1. The van der Waals surface area contributed by atoms with Gasteiger partial charge < -0.3 is 15.4 Å². The third-order valence-corrected chi connectivity index (χ3v) is 5.85. The highest BCUT2D eigenvalue weighted by molar-refractivity contribution is 5.99. The number of aryl methyl sites for hydroxylation is 2. The molecule has 0 unspecified atom stereocenters. The third-order valence-electron chi connectivity index (χ3n) is 5.85. The molecule has 196 valence electrons. The summed E-state index contributed by atoms with van der Waals surface area (Å²) in [6.07, 6.45) is 1.52. The van der Waals surface area contributed by atoms with E-state index in [1.54, 1.807) is 36.0 Å². The van der Waals surface area contributed by atoms with E-state index in [1.807, 2.05) is 50.2 Å². The van der Waals surface area contributed by atoms with E-state index in [1.165, 1.54) is 6.20 Å². The highest BCUT2D eigenvalue weighted by Gasteiger charge is 2.21. The van der Waals surface area contributed by atoms with Gasteiger partial charge in [0.05, 0.1) is 11.4 Å². The summed E-state index contributed by atoms with van der Waals surface area (Å²) in [5.41, 5.74) is 4.34. The fourth-order valence-corrected chi connectivity index (χ4v) is 3.69. The van der Waals surface area contributed by atoms with Crippen molar-refractivity contribution in [3.63, 3.8) is 0 Å². The highest BCUT2D eigenvalue weighted by Crippen LogP contribution is 2.29. The lowest BCUT2D eigenvalue weighted by molar-refractivity contribution is 0.0958. The van der Waals surface area contributed by atoms with Gasteiger partial charge in [0.25, 0.3) is 5.91 Å². The second-order valence-corrected chi connectivity index (χ2v) is 10.0. The summed E-state index contributed by atoms with van der Waals surface area (Å²) in [6, 6.07) is 18.0.